The van der Waals surface area contributed by atoms with Gasteiger partial charge in [-0.3, -0.25) is 24.1 Å². The van der Waals surface area contributed by atoms with Crippen molar-refractivity contribution in [3.05, 3.63) is 92.0 Å². The topological polar surface area (TPSA) is 112 Å². The summed E-state index contributed by atoms with van der Waals surface area (Å²) in [6, 6.07) is 11.2. The van der Waals surface area contributed by atoms with E-state index in [2.05, 4.69) is 15.9 Å². The van der Waals surface area contributed by atoms with Crippen molar-refractivity contribution in [3.63, 3.8) is 0 Å². The van der Waals surface area contributed by atoms with Crippen molar-refractivity contribution < 1.29 is 29.4 Å². The number of halogens is 2. The number of rotatable bonds is 4. The second-order valence-corrected chi connectivity index (χ2v) is 11.6. The number of hydrogen-bond donors (Lipinski definition) is 2. The van der Waals surface area contributed by atoms with Crippen molar-refractivity contribution in [2.45, 2.75) is 25.2 Å². The zero-order valence-corrected chi connectivity index (χ0v) is 22.9. The van der Waals surface area contributed by atoms with Crippen LogP contribution in [0.25, 0.3) is 0 Å². The molecular weight excluding hydrogens is 586 g/mol. The lowest BCUT2D eigenvalue weighted by atomic mass is 9.59. The largest absolute Gasteiger partial charge is 0.508 e. The zero-order chi connectivity index (χ0) is 27.6. The van der Waals surface area contributed by atoms with E-state index in [-0.39, 0.29) is 57.4 Å². The van der Waals surface area contributed by atoms with E-state index >= 15 is 0 Å². The lowest BCUT2D eigenvalue weighted by Gasteiger charge is -2.42. The van der Waals surface area contributed by atoms with Crippen LogP contribution in [0.1, 0.15) is 29.9 Å². The van der Waals surface area contributed by atoms with Gasteiger partial charge in [0.2, 0.25) is 11.8 Å². The van der Waals surface area contributed by atoms with Gasteiger partial charge >= 0.3 is 0 Å². The van der Waals surface area contributed by atoms with E-state index in [1.165, 1.54) is 23.1 Å². The summed E-state index contributed by atoms with van der Waals surface area (Å²) in [5.74, 6) is -3.34. The Bertz CT molecular complexity index is 1560. The van der Waals surface area contributed by atoms with Crippen molar-refractivity contribution in [2.75, 3.05) is 6.54 Å². The third-order valence-electron chi connectivity index (χ3n) is 8.28. The molecular formula is C30H23BrClNO6. The van der Waals surface area contributed by atoms with Gasteiger partial charge in [-0.15, -0.1) is 0 Å². The molecule has 9 heteroatoms. The van der Waals surface area contributed by atoms with Crippen LogP contribution in [-0.4, -0.2) is 45.0 Å². The van der Waals surface area contributed by atoms with E-state index in [1.54, 1.807) is 30.3 Å². The third-order valence-corrected chi connectivity index (χ3v) is 9.19. The molecule has 2 aromatic rings. The number of Topliss-reactive ketones (excluding diaryl/α,β-unsaturated/α-hetero) is 1. The fourth-order valence-electron chi connectivity index (χ4n) is 6.50. The van der Waals surface area contributed by atoms with E-state index in [1.807, 2.05) is 6.08 Å². The van der Waals surface area contributed by atoms with Gasteiger partial charge in [0.05, 0.1) is 16.3 Å². The number of imide groups is 1. The SMILES string of the molecule is O=C1C=C(Br)C(=O)C2=C1C(c1ccc(O)cc1Cl)C1=CCC3C(=O)N(CCc4ccc(O)cc4)C(=O)C3C1C2. The van der Waals surface area contributed by atoms with Crippen LogP contribution in [0.2, 0.25) is 5.02 Å². The maximum atomic E-state index is 13.8. The Morgan fingerprint density at radius 3 is 2.38 bits per heavy atom. The first kappa shape index (κ1) is 25.8. The molecule has 0 spiro atoms. The van der Waals surface area contributed by atoms with Crippen LogP contribution in [0.4, 0.5) is 0 Å². The monoisotopic (exact) mass is 607 g/mol. The maximum absolute atomic E-state index is 13.8. The fourth-order valence-corrected chi connectivity index (χ4v) is 7.23. The van der Waals surface area contributed by atoms with Gasteiger partial charge in [-0.1, -0.05) is 41.4 Å². The predicted octanol–water partition coefficient (Wildman–Crippen LogP) is 4.76. The summed E-state index contributed by atoms with van der Waals surface area (Å²) in [6.45, 7) is 0.213. The number of carbonyl (C=O) groups is 4. The summed E-state index contributed by atoms with van der Waals surface area (Å²) in [5.41, 5.74) is 2.91. The summed E-state index contributed by atoms with van der Waals surface area (Å²) < 4.78 is 0.158. The van der Waals surface area contributed by atoms with Crippen LogP contribution in [0.5, 0.6) is 11.5 Å². The second kappa shape index (κ2) is 9.61. The molecule has 2 N–H and O–H groups in total. The first-order valence-corrected chi connectivity index (χ1v) is 13.8. The Morgan fingerprint density at radius 1 is 0.949 bits per heavy atom. The summed E-state index contributed by atoms with van der Waals surface area (Å²) in [6.07, 6.45) is 4.17. The van der Waals surface area contributed by atoms with Gasteiger partial charge in [0.15, 0.2) is 11.6 Å². The van der Waals surface area contributed by atoms with Crippen molar-refractivity contribution in [1.29, 1.82) is 0 Å². The average Bonchev–Trinajstić information content (AvgIpc) is 3.15. The molecule has 0 radical (unpaired) electrons. The molecule has 2 amide bonds. The highest BCUT2D eigenvalue weighted by Gasteiger charge is 2.56. The highest BCUT2D eigenvalue weighted by atomic mass is 79.9. The summed E-state index contributed by atoms with van der Waals surface area (Å²) in [4.78, 5) is 55.1. The molecule has 198 valence electrons. The Balaban J connectivity index is 1.39. The predicted molar refractivity (Wildman–Crippen MR) is 146 cm³/mol. The molecule has 1 heterocycles. The Labute approximate surface area is 237 Å². The van der Waals surface area contributed by atoms with Crippen LogP contribution in [-0.2, 0) is 25.6 Å². The Kier molecular flexibility index (Phi) is 6.35. The number of phenols is 2. The lowest BCUT2D eigenvalue weighted by molar-refractivity contribution is -0.140. The van der Waals surface area contributed by atoms with Crippen LogP contribution in [0.3, 0.4) is 0 Å². The molecule has 1 fully saturated rings. The first-order chi connectivity index (χ1) is 18.7. The summed E-state index contributed by atoms with van der Waals surface area (Å²) >= 11 is 9.77. The number of likely N-dealkylation sites (tertiary alicyclic amines) is 1. The van der Waals surface area contributed by atoms with Crippen LogP contribution >= 0.6 is 27.5 Å². The van der Waals surface area contributed by atoms with Crippen molar-refractivity contribution in [3.8, 4) is 11.5 Å². The van der Waals surface area contributed by atoms with Gasteiger partial charge in [-0.25, -0.2) is 0 Å². The van der Waals surface area contributed by atoms with Crippen LogP contribution in [0, 0.1) is 17.8 Å². The van der Waals surface area contributed by atoms with E-state index in [0.29, 0.717) is 29.6 Å². The number of amides is 2. The number of allylic oxidation sites excluding steroid dienone is 6. The molecule has 2 aromatic carbocycles. The normalized spacial score (nSPS) is 26.3. The number of hydrogen-bond acceptors (Lipinski definition) is 6. The first-order valence-electron chi connectivity index (χ1n) is 12.7. The number of ketones is 2. The highest BCUT2D eigenvalue weighted by molar-refractivity contribution is 9.12. The molecule has 1 saturated heterocycles. The molecule has 4 atom stereocenters. The maximum Gasteiger partial charge on any atom is 0.233 e. The van der Waals surface area contributed by atoms with E-state index < -0.39 is 23.7 Å². The standard InChI is InChI=1S/C30H23BrClNO6/c31-22-13-24(36)27-21(28(22)37)12-20-17(25(27)18-6-5-16(35)11-23(18)32)7-8-19-26(20)30(39)33(29(19)38)10-9-14-1-3-15(34)4-2-14/h1-7,11,13,19-20,25-26,34-35H,8-10,12H2. The molecule has 4 unspecified atom stereocenters. The van der Waals surface area contributed by atoms with E-state index in [4.69, 9.17) is 11.6 Å². The lowest BCUT2D eigenvalue weighted by Crippen LogP contribution is -2.39. The zero-order valence-electron chi connectivity index (χ0n) is 20.6. The minimum absolute atomic E-state index is 0.0301. The molecule has 3 aliphatic carbocycles. The van der Waals surface area contributed by atoms with Crippen molar-refractivity contribution in [2.24, 2.45) is 17.8 Å². The molecule has 4 aliphatic rings. The Morgan fingerprint density at radius 2 is 1.67 bits per heavy atom. The quantitative estimate of drug-likeness (QED) is 0.294. The average molecular weight is 609 g/mol. The van der Waals surface area contributed by atoms with Gasteiger partial charge in [0.25, 0.3) is 0 Å². The summed E-state index contributed by atoms with van der Waals surface area (Å²) in [7, 11) is 0. The van der Waals surface area contributed by atoms with E-state index in [9.17, 15) is 29.4 Å². The number of benzene rings is 2. The minimum Gasteiger partial charge on any atom is -0.508 e. The number of fused-ring (bicyclic) bond motifs is 3. The van der Waals surface area contributed by atoms with Gasteiger partial charge < -0.3 is 10.2 Å². The Hall–Kier alpha value is -3.49. The van der Waals surface area contributed by atoms with Crippen LogP contribution < -0.4 is 0 Å². The highest BCUT2D eigenvalue weighted by Crippen LogP contribution is 2.56. The van der Waals surface area contributed by atoms with Gasteiger partial charge in [-0.2, -0.15) is 0 Å². The number of carbonyl (C=O) groups excluding carboxylic acids is 4. The molecule has 7 nitrogen and oxygen atoms in total. The molecule has 6 rings (SSSR count). The van der Waals surface area contributed by atoms with E-state index in [0.717, 1.165) is 11.1 Å². The van der Waals surface area contributed by atoms with Crippen LogP contribution in [0.15, 0.2) is 75.8 Å². The van der Waals surface area contributed by atoms with Gasteiger partial charge in [0, 0.05) is 34.7 Å². The number of aromatic hydroxyl groups is 2. The second-order valence-electron chi connectivity index (χ2n) is 10.3. The fraction of sp³-hybridized carbons (Fsp3) is 0.267. The number of nitrogens with zero attached hydrogens (tertiary/aromatic N) is 1. The van der Waals surface area contributed by atoms with Gasteiger partial charge in [-0.05, 0) is 76.5 Å². The molecule has 39 heavy (non-hydrogen) atoms. The van der Waals surface area contributed by atoms with Gasteiger partial charge in [0.1, 0.15) is 11.5 Å². The smallest absolute Gasteiger partial charge is 0.233 e. The third kappa shape index (κ3) is 4.17. The number of phenolic OH excluding ortho intramolecular Hbond substituents is 2. The molecule has 0 saturated carbocycles. The van der Waals surface area contributed by atoms with Crippen molar-refractivity contribution in [1.82, 2.24) is 4.90 Å². The van der Waals surface area contributed by atoms with Crippen molar-refractivity contribution >= 4 is 50.9 Å². The summed E-state index contributed by atoms with van der Waals surface area (Å²) in [5, 5.41) is 19.7. The minimum atomic E-state index is -0.671. The molecule has 1 aliphatic heterocycles. The molecule has 0 aromatic heterocycles. The molecule has 0 bridgehead atoms.